The van der Waals surface area contributed by atoms with Crippen LogP contribution in [0.4, 0.5) is 5.88 Å². The number of aryl methyl sites for hydroxylation is 1. The lowest BCUT2D eigenvalue weighted by Gasteiger charge is -2.25. The zero-order valence-electron chi connectivity index (χ0n) is 13.6. The third kappa shape index (κ3) is 5.33. The largest absolute Gasteiger partial charge is 0.352 e. The van der Waals surface area contributed by atoms with E-state index in [-0.39, 0.29) is 11.9 Å². The quantitative estimate of drug-likeness (QED) is 0.718. The van der Waals surface area contributed by atoms with Crippen LogP contribution in [0.25, 0.3) is 0 Å². The molecule has 22 heavy (non-hydrogen) atoms. The Bertz CT molecular complexity index is 468. The molecule has 0 aromatic carbocycles. The Labute approximate surface area is 132 Å². The second kappa shape index (κ2) is 8.17. The lowest BCUT2D eigenvalue weighted by Crippen LogP contribution is -2.47. The van der Waals surface area contributed by atoms with E-state index in [2.05, 4.69) is 15.8 Å². The number of aromatic nitrogens is 1. The van der Waals surface area contributed by atoms with Crippen molar-refractivity contribution in [2.75, 3.05) is 11.9 Å². The van der Waals surface area contributed by atoms with Crippen molar-refractivity contribution in [2.45, 2.75) is 64.5 Å². The Morgan fingerprint density at radius 2 is 2.18 bits per heavy atom. The van der Waals surface area contributed by atoms with Gasteiger partial charge in [0.1, 0.15) is 0 Å². The summed E-state index contributed by atoms with van der Waals surface area (Å²) in [7, 11) is 0. The number of nitrogens with zero attached hydrogens (tertiary/aromatic N) is 1. The fourth-order valence-electron chi connectivity index (χ4n) is 2.99. The predicted octanol–water partition coefficient (Wildman–Crippen LogP) is 2.20. The number of nitrogens with one attached hydrogen (secondary N) is 2. The fraction of sp³-hybridized carbons (Fsp3) is 0.750. The van der Waals surface area contributed by atoms with Crippen molar-refractivity contribution in [3.05, 3.63) is 11.8 Å². The number of nitrogens with two attached hydrogens (primary N) is 1. The highest BCUT2D eigenvalue weighted by Crippen LogP contribution is 2.26. The van der Waals surface area contributed by atoms with E-state index in [1.54, 1.807) is 0 Å². The van der Waals surface area contributed by atoms with E-state index in [0.29, 0.717) is 18.3 Å². The van der Waals surface area contributed by atoms with E-state index in [4.69, 9.17) is 10.3 Å². The Hall–Kier alpha value is -1.56. The molecule has 1 aliphatic carbocycles. The normalized spacial score (nSPS) is 18.7. The molecule has 4 N–H and O–H groups in total. The highest BCUT2D eigenvalue weighted by Gasteiger charge is 2.22. The molecule has 1 amide bonds. The minimum absolute atomic E-state index is 0.0182. The predicted molar refractivity (Wildman–Crippen MR) is 86.5 cm³/mol. The SMILES string of the molecule is Cc1cc(NC[C@H](C)NC(=O)[C@@H](N)CC2CCCCC2)on1. The zero-order chi connectivity index (χ0) is 15.9. The minimum Gasteiger partial charge on any atom is -0.352 e. The second-order valence-electron chi connectivity index (χ2n) is 6.47. The molecule has 6 heteroatoms. The van der Waals surface area contributed by atoms with Crippen LogP contribution in [0.1, 0.15) is 51.1 Å². The summed E-state index contributed by atoms with van der Waals surface area (Å²) in [6, 6.07) is 1.40. The molecule has 1 aliphatic rings. The van der Waals surface area contributed by atoms with Crippen LogP contribution in [0.3, 0.4) is 0 Å². The van der Waals surface area contributed by atoms with Gasteiger partial charge < -0.3 is 20.9 Å². The Morgan fingerprint density at radius 1 is 1.45 bits per heavy atom. The van der Waals surface area contributed by atoms with Crippen molar-refractivity contribution in [1.82, 2.24) is 10.5 Å². The molecule has 0 unspecified atom stereocenters. The van der Waals surface area contributed by atoms with Gasteiger partial charge in [-0.1, -0.05) is 37.3 Å². The van der Waals surface area contributed by atoms with E-state index < -0.39 is 6.04 Å². The van der Waals surface area contributed by atoms with Gasteiger partial charge in [0.05, 0.1) is 11.7 Å². The molecular formula is C16H28N4O2. The lowest BCUT2D eigenvalue weighted by atomic mass is 9.85. The summed E-state index contributed by atoms with van der Waals surface area (Å²) in [6.45, 7) is 4.39. The minimum atomic E-state index is -0.405. The third-order valence-electron chi connectivity index (χ3n) is 4.25. The molecule has 0 radical (unpaired) electrons. The maximum absolute atomic E-state index is 12.1. The van der Waals surface area contributed by atoms with Crippen molar-refractivity contribution < 1.29 is 9.32 Å². The number of rotatable bonds is 7. The van der Waals surface area contributed by atoms with E-state index in [9.17, 15) is 4.79 Å². The standard InChI is InChI=1S/C16H28N4O2/c1-11-8-15(22-20-11)18-10-12(2)19-16(21)14(17)9-13-6-4-3-5-7-13/h8,12-14,18H,3-7,9-10,17H2,1-2H3,(H,19,21)/t12-,14-/m0/s1. The third-order valence-corrected chi connectivity index (χ3v) is 4.25. The molecule has 2 atom stereocenters. The molecule has 2 rings (SSSR count). The van der Waals surface area contributed by atoms with Gasteiger partial charge in [-0.2, -0.15) is 0 Å². The van der Waals surface area contributed by atoms with Crippen LogP contribution in [0.2, 0.25) is 0 Å². The smallest absolute Gasteiger partial charge is 0.237 e. The van der Waals surface area contributed by atoms with E-state index >= 15 is 0 Å². The topological polar surface area (TPSA) is 93.2 Å². The summed E-state index contributed by atoms with van der Waals surface area (Å²) in [5.74, 6) is 1.17. The maximum atomic E-state index is 12.1. The number of hydrogen-bond donors (Lipinski definition) is 3. The zero-order valence-corrected chi connectivity index (χ0v) is 13.6. The molecule has 1 heterocycles. The highest BCUT2D eigenvalue weighted by atomic mass is 16.5. The van der Waals surface area contributed by atoms with Gasteiger partial charge in [0.25, 0.3) is 0 Å². The number of carbonyl (C=O) groups is 1. The van der Waals surface area contributed by atoms with Crippen molar-refractivity contribution in [3.63, 3.8) is 0 Å². The molecule has 124 valence electrons. The molecule has 0 bridgehead atoms. The molecular weight excluding hydrogens is 280 g/mol. The summed E-state index contributed by atoms with van der Waals surface area (Å²) in [5, 5.41) is 9.87. The molecule has 0 spiro atoms. The van der Waals surface area contributed by atoms with Crippen LogP contribution in [-0.2, 0) is 4.79 Å². The monoisotopic (exact) mass is 308 g/mol. The first kappa shape index (κ1) is 16.8. The van der Waals surface area contributed by atoms with Gasteiger partial charge in [-0.15, -0.1) is 0 Å². The second-order valence-corrected chi connectivity index (χ2v) is 6.47. The average molecular weight is 308 g/mol. The summed E-state index contributed by atoms with van der Waals surface area (Å²) in [4.78, 5) is 12.1. The van der Waals surface area contributed by atoms with Gasteiger partial charge in [0.15, 0.2) is 0 Å². The van der Waals surface area contributed by atoms with Gasteiger partial charge in [0.2, 0.25) is 11.8 Å². The summed E-state index contributed by atoms with van der Waals surface area (Å²) in [5.41, 5.74) is 6.87. The van der Waals surface area contributed by atoms with Crippen LogP contribution in [0.5, 0.6) is 0 Å². The first-order valence-electron chi connectivity index (χ1n) is 8.27. The first-order valence-corrected chi connectivity index (χ1v) is 8.27. The number of amides is 1. The van der Waals surface area contributed by atoms with Gasteiger partial charge >= 0.3 is 0 Å². The summed E-state index contributed by atoms with van der Waals surface area (Å²) < 4.78 is 5.07. The van der Waals surface area contributed by atoms with Crippen molar-refractivity contribution >= 4 is 11.8 Å². The van der Waals surface area contributed by atoms with Crippen molar-refractivity contribution in [3.8, 4) is 0 Å². The van der Waals surface area contributed by atoms with Crippen LogP contribution in [0.15, 0.2) is 10.6 Å². The van der Waals surface area contributed by atoms with Crippen LogP contribution in [0, 0.1) is 12.8 Å². The van der Waals surface area contributed by atoms with Crippen molar-refractivity contribution in [2.24, 2.45) is 11.7 Å². The highest BCUT2D eigenvalue weighted by molar-refractivity contribution is 5.81. The Morgan fingerprint density at radius 3 is 2.82 bits per heavy atom. The molecule has 0 saturated heterocycles. The van der Waals surface area contributed by atoms with E-state index in [1.807, 2.05) is 19.9 Å². The molecule has 1 aromatic heterocycles. The first-order chi connectivity index (χ1) is 10.5. The number of anilines is 1. The van der Waals surface area contributed by atoms with E-state index in [0.717, 1.165) is 12.1 Å². The Kier molecular flexibility index (Phi) is 6.24. The Balaban J connectivity index is 1.68. The van der Waals surface area contributed by atoms with Crippen LogP contribution < -0.4 is 16.4 Å². The van der Waals surface area contributed by atoms with Gasteiger partial charge in [-0.05, 0) is 26.2 Å². The summed E-state index contributed by atoms with van der Waals surface area (Å²) >= 11 is 0. The fourth-order valence-corrected chi connectivity index (χ4v) is 2.99. The number of hydrogen-bond acceptors (Lipinski definition) is 5. The summed E-state index contributed by atoms with van der Waals surface area (Å²) in [6.07, 6.45) is 7.09. The lowest BCUT2D eigenvalue weighted by molar-refractivity contribution is -0.123. The van der Waals surface area contributed by atoms with Crippen LogP contribution >= 0.6 is 0 Å². The molecule has 1 aromatic rings. The average Bonchev–Trinajstić information content (AvgIpc) is 2.92. The van der Waals surface area contributed by atoms with Crippen LogP contribution in [-0.4, -0.2) is 29.7 Å². The molecule has 1 saturated carbocycles. The van der Waals surface area contributed by atoms with Gasteiger partial charge in [0, 0.05) is 18.7 Å². The van der Waals surface area contributed by atoms with Crippen molar-refractivity contribution in [1.29, 1.82) is 0 Å². The van der Waals surface area contributed by atoms with E-state index in [1.165, 1.54) is 32.1 Å². The molecule has 6 nitrogen and oxygen atoms in total. The number of carbonyl (C=O) groups excluding carboxylic acids is 1. The molecule has 0 aliphatic heterocycles. The van der Waals surface area contributed by atoms with Gasteiger partial charge in [-0.25, -0.2) is 0 Å². The van der Waals surface area contributed by atoms with Gasteiger partial charge in [-0.3, -0.25) is 4.79 Å². The maximum Gasteiger partial charge on any atom is 0.237 e. The molecule has 1 fully saturated rings.